The molecule has 0 unspecified atom stereocenters. The summed E-state index contributed by atoms with van der Waals surface area (Å²) in [7, 11) is 0. The quantitative estimate of drug-likeness (QED) is 0.811. The molecule has 1 amide bonds. The van der Waals surface area contributed by atoms with Crippen LogP contribution in [-0.2, 0) is 0 Å². The number of rotatable bonds is 2. The minimum atomic E-state index is -0.480. The first-order valence-corrected chi connectivity index (χ1v) is 5.23. The van der Waals surface area contributed by atoms with Crippen molar-refractivity contribution in [3.05, 3.63) is 41.2 Å². The molecule has 0 atom stereocenters. The zero-order chi connectivity index (χ0) is 12.6. The van der Waals surface area contributed by atoms with Crippen LogP contribution >= 0.6 is 0 Å². The molecule has 5 nitrogen and oxygen atoms in total. The van der Waals surface area contributed by atoms with Gasteiger partial charge in [0.1, 0.15) is 0 Å². The van der Waals surface area contributed by atoms with E-state index in [-0.39, 0.29) is 0 Å². The van der Waals surface area contributed by atoms with Gasteiger partial charge < -0.3 is 11.5 Å². The van der Waals surface area contributed by atoms with Gasteiger partial charge in [-0.05, 0) is 26.0 Å². The van der Waals surface area contributed by atoms with Crippen molar-refractivity contribution in [2.45, 2.75) is 13.8 Å². The third kappa shape index (κ3) is 1.75. The van der Waals surface area contributed by atoms with Crippen molar-refractivity contribution in [3.63, 3.8) is 0 Å². The van der Waals surface area contributed by atoms with Crippen molar-refractivity contribution in [1.82, 2.24) is 9.78 Å². The number of hydrogen-bond acceptors (Lipinski definition) is 3. The number of carbonyl (C=O) groups is 1. The monoisotopic (exact) mass is 230 g/mol. The predicted octanol–water partition coefficient (Wildman–Crippen LogP) is 1.17. The van der Waals surface area contributed by atoms with Crippen LogP contribution < -0.4 is 11.5 Å². The van der Waals surface area contributed by atoms with Crippen LogP contribution in [0.25, 0.3) is 5.69 Å². The first-order chi connectivity index (χ1) is 8.02. The molecule has 0 aliphatic heterocycles. The normalized spacial score (nSPS) is 10.5. The largest absolute Gasteiger partial charge is 0.396 e. The molecular weight excluding hydrogens is 216 g/mol. The molecule has 0 spiro atoms. The molecule has 0 saturated carbocycles. The van der Waals surface area contributed by atoms with E-state index in [0.717, 1.165) is 11.4 Å². The Labute approximate surface area is 99.0 Å². The Hall–Kier alpha value is -2.30. The van der Waals surface area contributed by atoms with Crippen LogP contribution in [0.15, 0.2) is 24.3 Å². The Balaban J connectivity index is 2.68. The molecule has 1 heterocycles. The standard InChI is InChI=1S/C12H14N4O/c1-7-11(13)8(2)16(15-7)10-6-4-3-5-9(10)12(14)17/h3-6H,13H2,1-2H3,(H2,14,17). The number of aryl methyl sites for hydroxylation is 1. The van der Waals surface area contributed by atoms with Crippen LogP contribution in [-0.4, -0.2) is 15.7 Å². The average molecular weight is 230 g/mol. The van der Waals surface area contributed by atoms with Crippen molar-refractivity contribution < 1.29 is 4.79 Å². The summed E-state index contributed by atoms with van der Waals surface area (Å²) < 4.78 is 1.64. The molecule has 0 bridgehead atoms. The lowest BCUT2D eigenvalue weighted by atomic mass is 10.1. The SMILES string of the molecule is Cc1nn(-c2ccccc2C(N)=O)c(C)c1N. The molecule has 0 saturated heterocycles. The number of nitrogens with zero attached hydrogens (tertiary/aromatic N) is 2. The summed E-state index contributed by atoms with van der Waals surface area (Å²) in [4.78, 5) is 11.3. The second-order valence-corrected chi connectivity index (χ2v) is 3.88. The topological polar surface area (TPSA) is 86.9 Å². The summed E-state index contributed by atoms with van der Waals surface area (Å²) >= 11 is 0. The number of aromatic nitrogens is 2. The molecule has 0 radical (unpaired) electrons. The molecule has 1 aromatic carbocycles. The van der Waals surface area contributed by atoms with Gasteiger partial charge in [-0.3, -0.25) is 4.79 Å². The van der Waals surface area contributed by atoms with Gasteiger partial charge in [0.05, 0.1) is 28.3 Å². The highest BCUT2D eigenvalue weighted by molar-refractivity contribution is 5.96. The summed E-state index contributed by atoms with van der Waals surface area (Å²) in [6, 6.07) is 7.05. The molecule has 5 heteroatoms. The summed E-state index contributed by atoms with van der Waals surface area (Å²) in [5.41, 5.74) is 14.5. The fourth-order valence-corrected chi connectivity index (χ4v) is 1.76. The summed E-state index contributed by atoms with van der Waals surface area (Å²) in [5, 5.41) is 4.31. The Morgan fingerprint density at radius 1 is 1.29 bits per heavy atom. The third-order valence-electron chi connectivity index (χ3n) is 2.74. The van der Waals surface area contributed by atoms with E-state index in [9.17, 15) is 4.79 Å². The van der Waals surface area contributed by atoms with Crippen molar-refractivity contribution >= 4 is 11.6 Å². The van der Waals surface area contributed by atoms with Crippen molar-refractivity contribution in [2.75, 3.05) is 5.73 Å². The van der Waals surface area contributed by atoms with Gasteiger partial charge in [0.2, 0.25) is 0 Å². The minimum absolute atomic E-state index is 0.429. The lowest BCUT2D eigenvalue weighted by molar-refractivity contribution is 0.1000. The summed E-state index contributed by atoms with van der Waals surface area (Å²) in [6.45, 7) is 3.68. The second kappa shape index (κ2) is 3.93. The van der Waals surface area contributed by atoms with Crippen LogP contribution in [0.1, 0.15) is 21.7 Å². The van der Waals surface area contributed by atoms with E-state index in [1.807, 2.05) is 19.9 Å². The lowest BCUT2D eigenvalue weighted by Gasteiger charge is -2.08. The maximum absolute atomic E-state index is 11.3. The van der Waals surface area contributed by atoms with E-state index in [0.29, 0.717) is 16.9 Å². The van der Waals surface area contributed by atoms with E-state index in [1.54, 1.807) is 22.9 Å². The Morgan fingerprint density at radius 3 is 2.47 bits per heavy atom. The fourth-order valence-electron chi connectivity index (χ4n) is 1.76. The van der Waals surface area contributed by atoms with Crippen molar-refractivity contribution in [3.8, 4) is 5.69 Å². The smallest absolute Gasteiger partial charge is 0.250 e. The second-order valence-electron chi connectivity index (χ2n) is 3.88. The number of anilines is 1. The summed E-state index contributed by atoms with van der Waals surface area (Å²) in [6.07, 6.45) is 0. The van der Waals surface area contributed by atoms with E-state index < -0.39 is 5.91 Å². The van der Waals surface area contributed by atoms with E-state index >= 15 is 0 Å². The van der Waals surface area contributed by atoms with Crippen molar-refractivity contribution in [2.24, 2.45) is 5.73 Å². The van der Waals surface area contributed by atoms with E-state index in [4.69, 9.17) is 11.5 Å². The number of hydrogen-bond donors (Lipinski definition) is 2. The Morgan fingerprint density at radius 2 is 1.94 bits per heavy atom. The Bertz CT molecular complexity index is 586. The van der Waals surface area contributed by atoms with Crippen LogP contribution in [0.2, 0.25) is 0 Å². The van der Waals surface area contributed by atoms with Crippen molar-refractivity contribution in [1.29, 1.82) is 0 Å². The highest BCUT2D eigenvalue weighted by Gasteiger charge is 2.14. The highest BCUT2D eigenvalue weighted by atomic mass is 16.1. The molecule has 1 aromatic heterocycles. The number of benzene rings is 1. The predicted molar refractivity (Wildman–Crippen MR) is 66.0 cm³/mol. The number of nitrogen functional groups attached to an aromatic ring is 1. The number of para-hydroxylation sites is 1. The first kappa shape index (κ1) is 11.2. The van der Waals surface area contributed by atoms with Crippen LogP contribution in [0.4, 0.5) is 5.69 Å². The van der Waals surface area contributed by atoms with Gasteiger partial charge in [-0.25, -0.2) is 4.68 Å². The number of amides is 1. The molecular formula is C12H14N4O. The van der Waals surface area contributed by atoms with Gasteiger partial charge in [-0.1, -0.05) is 12.1 Å². The number of carbonyl (C=O) groups excluding carboxylic acids is 1. The number of primary amides is 1. The Kier molecular flexibility index (Phi) is 2.59. The molecule has 88 valence electrons. The average Bonchev–Trinajstić information content (AvgIpc) is 2.57. The van der Waals surface area contributed by atoms with Gasteiger partial charge >= 0.3 is 0 Å². The lowest BCUT2D eigenvalue weighted by Crippen LogP contribution is -2.15. The molecule has 4 N–H and O–H groups in total. The molecule has 17 heavy (non-hydrogen) atoms. The number of nitrogens with two attached hydrogens (primary N) is 2. The highest BCUT2D eigenvalue weighted by Crippen LogP contribution is 2.21. The van der Waals surface area contributed by atoms with Crippen LogP contribution in [0, 0.1) is 13.8 Å². The first-order valence-electron chi connectivity index (χ1n) is 5.23. The van der Waals surface area contributed by atoms with Gasteiger partial charge in [-0.2, -0.15) is 5.10 Å². The molecule has 2 aromatic rings. The van der Waals surface area contributed by atoms with E-state index in [2.05, 4.69) is 5.10 Å². The van der Waals surface area contributed by atoms with Gasteiger partial charge in [-0.15, -0.1) is 0 Å². The maximum atomic E-state index is 11.3. The van der Waals surface area contributed by atoms with E-state index in [1.165, 1.54) is 0 Å². The van der Waals surface area contributed by atoms with Gasteiger partial charge in [0.15, 0.2) is 0 Å². The van der Waals surface area contributed by atoms with Crippen LogP contribution in [0.3, 0.4) is 0 Å². The third-order valence-corrected chi connectivity index (χ3v) is 2.74. The fraction of sp³-hybridized carbons (Fsp3) is 0.167. The zero-order valence-corrected chi connectivity index (χ0v) is 9.77. The van der Waals surface area contributed by atoms with Gasteiger partial charge in [0.25, 0.3) is 5.91 Å². The molecule has 0 fully saturated rings. The van der Waals surface area contributed by atoms with Gasteiger partial charge in [0, 0.05) is 0 Å². The molecule has 0 aliphatic carbocycles. The van der Waals surface area contributed by atoms with Crippen LogP contribution in [0.5, 0.6) is 0 Å². The summed E-state index contributed by atoms with van der Waals surface area (Å²) in [5.74, 6) is -0.480. The molecule has 2 rings (SSSR count). The maximum Gasteiger partial charge on any atom is 0.250 e. The molecule has 0 aliphatic rings. The minimum Gasteiger partial charge on any atom is -0.396 e. The zero-order valence-electron chi connectivity index (χ0n) is 9.77.